The zero-order valence-electron chi connectivity index (χ0n) is 9.54. The lowest BCUT2D eigenvalue weighted by molar-refractivity contribution is -0.0350. The Morgan fingerprint density at radius 2 is 1.39 bits per heavy atom. The maximum Gasteiger partial charge on any atom is 0.469 e. The van der Waals surface area contributed by atoms with Gasteiger partial charge in [-0.15, -0.1) is 0 Å². The van der Waals surface area contributed by atoms with E-state index in [9.17, 15) is 9.13 Å². The Hall–Kier alpha value is 0.140. The minimum absolute atomic E-state index is 0.0518. The van der Waals surface area contributed by atoms with Crippen molar-refractivity contribution in [1.29, 1.82) is 0 Å². The fourth-order valence-corrected chi connectivity index (χ4v) is 1.52. The molecule has 10 nitrogen and oxygen atoms in total. The molecule has 110 valence electrons. The van der Waals surface area contributed by atoms with Gasteiger partial charge in [0.2, 0.25) is 0 Å². The predicted molar refractivity (Wildman–Crippen MR) is 57.6 cm³/mol. The van der Waals surface area contributed by atoms with Crippen LogP contribution in [0.1, 0.15) is 0 Å². The molecule has 0 atom stereocenters. The van der Waals surface area contributed by atoms with Crippen molar-refractivity contribution in [3.8, 4) is 0 Å². The van der Waals surface area contributed by atoms with Gasteiger partial charge in [0.05, 0.1) is 26.4 Å². The molecule has 0 aliphatic carbocycles. The second kappa shape index (κ2) is 8.34. The molecule has 0 saturated carbocycles. The van der Waals surface area contributed by atoms with Crippen LogP contribution in [0.4, 0.5) is 0 Å². The minimum Gasteiger partial charge on any atom is -0.382 e. The Bertz CT molecular complexity index is 281. The summed E-state index contributed by atoms with van der Waals surface area (Å²) in [6, 6.07) is 0. The van der Waals surface area contributed by atoms with Crippen LogP contribution in [-0.4, -0.2) is 59.2 Å². The highest BCUT2D eigenvalue weighted by Crippen LogP contribution is 2.38. The molecule has 0 spiro atoms. The average molecular weight is 310 g/mol. The first-order chi connectivity index (χ1) is 8.14. The molecule has 0 rings (SSSR count). The summed E-state index contributed by atoms with van der Waals surface area (Å²) in [4.78, 5) is 33.9. The van der Waals surface area contributed by atoms with E-state index in [-0.39, 0.29) is 13.2 Å². The number of hydrogen-bond acceptors (Lipinski definition) is 6. The fourth-order valence-electron chi connectivity index (χ4n) is 0.803. The highest BCUT2D eigenvalue weighted by molar-refractivity contribution is 7.46. The van der Waals surface area contributed by atoms with Gasteiger partial charge in [0, 0.05) is 7.11 Å². The van der Waals surface area contributed by atoms with Crippen LogP contribution in [0.2, 0.25) is 0 Å². The quantitative estimate of drug-likeness (QED) is 0.299. The van der Waals surface area contributed by atoms with Crippen LogP contribution in [-0.2, 0) is 27.7 Å². The molecular weight excluding hydrogens is 294 g/mol. The van der Waals surface area contributed by atoms with Crippen LogP contribution in [0.25, 0.3) is 0 Å². The topological polar surface area (TPSA) is 152 Å². The molecule has 18 heavy (non-hydrogen) atoms. The van der Waals surface area contributed by atoms with Crippen molar-refractivity contribution in [3.63, 3.8) is 0 Å². The van der Waals surface area contributed by atoms with Crippen LogP contribution < -0.4 is 0 Å². The van der Waals surface area contributed by atoms with Crippen LogP contribution >= 0.6 is 15.6 Å². The summed E-state index contributed by atoms with van der Waals surface area (Å²) < 4.78 is 38.9. The van der Waals surface area contributed by atoms with Crippen LogP contribution in [0.15, 0.2) is 0 Å². The zero-order valence-corrected chi connectivity index (χ0v) is 11.3. The third-order valence-corrected chi connectivity index (χ3v) is 2.47. The number of phosphoric ester groups is 2. The third-order valence-electron chi connectivity index (χ3n) is 1.50. The summed E-state index contributed by atoms with van der Waals surface area (Å²) in [5.41, 5.74) is 0. The molecular formula is C6H16O10P2. The van der Waals surface area contributed by atoms with Crippen molar-refractivity contribution in [1.82, 2.24) is 0 Å². The van der Waals surface area contributed by atoms with Crippen molar-refractivity contribution in [2.45, 2.75) is 6.10 Å². The van der Waals surface area contributed by atoms with Crippen LogP contribution in [0, 0.1) is 0 Å². The fraction of sp³-hybridized carbons (Fsp3) is 1.00. The van der Waals surface area contributed by atoms with Gasteiger partial charge in [-0.1, -0.05) is 0 Å². The van der Waals surface area contributed by atoms with E-state index in [4.69, 9.17) is 24.3 Å². The van der Waals surface area contributed by atoms with Gasteiger partial charge in [-0.25, -0.2) is 9.13 Å². The van der Waals surface area contributed by atoms with E-state index >= 15 is 0 Å². The molecule has 0 unspecified atom stereocenters. The minimum atomic E-state index is -4.68. The molecule has 0 aromatic carbocycles. The second-order valence-corrected chi connectivity index (χ2v) is 5.54. The molecule has 0 fully saturated rings. The zero-order chi connectivity index (χ0) is 14.2. The third kappa shape index (κ3) is 12.6. The Morgan fingerprint density at radius 3 is 1.72 bits per heavy atom. The highest BCUT2D eigenvalue weighted by Gasteiger charge is 2.22. The lowest BCUT2D eigenvalue weighted by Gasteiger charge is -2.18. The molecule has 0 saturated heterocycles. The molecule has 12 heteroatoms. The maximum absolute atomic E-state index is 10.5. The van der Waals surface area contributed by atoms with E-state index in [0.717, 1.165) is 0 Å². The number of methoxy groups -OCH3 is 1. The van der Waals surface area contributed by atoms with Gasteiger partial charge in [-0.3, -0.25) is 9.05 Å². The van der Waals surface area contributed by atoms with Crippen molar-refractivity contribution in [3.05, 3.63) is 0 Å². The molecule has 0 aromatic heterocycles. The number of ether oxygens (including phenoxy) is 2. The first-order valence-corrected chi connectivity index (χ1v) is 7.71. The molecule has 0 aliphatic rings. The molecule has 0 bridgehead atoms. The molecule has 4 N–H and O–H groups in total. The summed E-state index contributed by atoms with van der Waals surface area (Å²) in [6.45, 7) is -0.902. The van der Waals surface area contributed by atoms with E-state index in [2.05, 4.69) is 13.8 Å². The summed E-state index contributed by atoms with van der Waals surface area (Å²) in [5.74, 6) is 0. The summed E-state index contributed by atoms with van der Waals surface area (Å²) in [6.07, 6.45) is -1.04. The van der Waals surface area contributed by atoms with Gasteiger partial charge in [0.1, 0.15) is 6.10 Å². The number of hydrogen-bond donors (Lipinski definition) is 4. The van der Waals surface area contributed by atoms with E-state index in [1.165, 1.54) is 7.11 Å². The van der Waals surface area contributed by atoms with Crippen molar-refractivity contribution < 1.29 is 47.2 Å². The van der Waals surface area contributed by atoms with E-state index < -0.39 is 35.0 Å². The summed E-state index contributed by atoms with van der Waals surface area (Å²) in [5, 5.41) is 0. The Balaban J connectivity index is 4.15. The summed E-state index contributed by atoms with van der Waals surface area (Å²) in [7, 11) is -7.95. The van der Waals surface area contributed by atoms with Gasteiger partial charge < -0.3 is 29.0 Å². The van der Waals surface area contributed by atoms with Crippen LogP contribution in [0.5, 0.6) is 0 Å². The molecule has 0 aliphatic heterocycles. The Labute approximate surface area is 103 Å². The standard InChI is InChI=1S/C6H16O10P2/c1-13-2-3-14-6(4-15-17(7,8)9)5-16-18(10,11)12/h6H,2-5H2,1H3,(H2,7,8,9)(H2,10,11,12). The molecule has 0 heterocycles. The smallest absolute Gasteiger partial charge is 0.382 e. The summed E-state index contributed by atoms with van der Waals surface area (Å²) >= 11 is 0. The molecule has 0 radical (unpaired) electrons. The number of phosphoric acid groups is 2. The highest BCUT2D eigenvalue weighted by atomic mass is 31.2. The maximum atomic E-state index is 10.5. The van der Waals surface area contributed by atoms with E-state index in [0.29, 0.717) is 0 Å². The van der Waals surface area contributed by atoms with Gasteiger partial charge >= 0.3 is 15.6 Å². The second-order valence-electron chi connectivity index (χ2n) is 3.06. The monoisotopic (exact) mass is 310 g/mol. The van der Waals surface area contributed by atoms with Gasteiger partial charge in [-0.2, -0.15) is 0 Å². The predicted octanol–water partition coefficient (Wildman–Crippen LogP) is -0.763. The molecule has 0 aromatic rings. The molecule has 0 amide bonds. The lowest BCUT2D eigenvalue weighted by atomic mass is 10.4. The SMILES string of the molecule is COCCOC(COP(=O)(O)O)COP(=O)(O)O. The lowest BCUT2D eigenvalue weighted by Crippen LogP contribution is -2.26. The first kappa shape index (κ1) is 18.1. The van der Waals surface area contributed by atoms with Gasteiger partial charge in [0.15, 0.2) is 0 Å². The van der Waals surface area contributed by atoms with Gasteiger partial charge in [0.25, 0.3) is 0 Å². The first-order valence-electron chi connectivity index (χ1n) is 4.65. The van der Waals surface area contributed by atoms with E-state index in [1.807, 2.05) is 0 Å². The van der Waals surface area contributed by atoms with E-state index in [1.54, 1.807) is 0 Å². The number of rotatable bonds is 10. The van der Waals surface area contributed by atoms with Crippen molar-refractivity contribution in [2.75, 3.05) is 33.5 Å². The average Bonchev–Trinajstić information content (AvgIpc) is 2.19. The Kier molecular flexibility index (Phi) is 8.40. The normalized spacial score (nSPS) is 13.2. The van der Waals surface area contributed by atoms with Gasteiger partial charge in [-0.05, 0) is 0 Å². The van der Waals surface area contributed by atoms with Crippen molar-refractivity contribution >= 4 is 15.6 Å². The van der Waals surface area contributed by atoms with Crippen LogP contribution in [0.3, 0.4) is 0 Å². The Morgan fingerprint density at radius 1 is 0.944 bits per heavy atom. The largest absolute Gasteiger partial charge is 0.469 e. The van der Waals surface area contributed by atoms with Crippen molar-refractivity contribution in [2.24, 2.45) is 0 Å².